The predicted molar refractivity (Wildman–Crippen MR) is 127 cm³/mol. The summed E-state index contributed by atoms with van der Waals surface area (Å²) in [6.45, 7) is 7.11. The highest BCUT2D eigenvalue weighted by Crippen LogP contribution is 2.41. The van der Waals surface area contributed by atoms with Crippen molar-refractivity contribution in [2.45, 2.75) is 26.8 Å². The average molecular weight is 470 g/mol. The van der Waals surface area contributed by atoms with E-state index in [-0.39, 0.29) is 36.0 Å². The summed E-state index contributed by atoms with van der Waals surface area (Å²) in [6, 6.07) is 10.5. The van der Waals surface area contributed by atoms with Gasteiger partial charge in [0.25, 0.3) is 11.7 Å². The minimum atomic E-state index is -0.869. The van der Waals surface area contributed by atoms with Crippen molar-refractivity contribution in [3.63, 3.8) is 0 Å². The summed E-state index contributed by atoms with van der Waals surface area (Å²) >= 11 is 0. The van der Waals surface area contributed by atoms with Crippen molar-refractivity contribution in [3.05, 3.63) is 59.2 Å². The fourth-order valence-corrected chi connectivity index (χ4v) is 3.75. The predicted octanol–water partition coefficient (Wildman–Crippen LogP) is 3.89. The fourth-order valence-electron chi connectivity index (χ4n) is 3.75. The molecule has 182 valence electrons. The molecule has 34 heavy (non-hydrogen) atoms. The van der Waals surface area contributed by atoms with Gasteiger partial charge < -0.3 is 29.3 Å². The molecule has 2 N–H and O–H groups in total. The summed E-state index contributed by atoms with van der Waals surface area (Å²) in [5, 5.41) is 21.3. The molecule has 0 spiro atoms. The van der Waals surface area contributed by atoms with Gasteiger partial charge in [0, 0.05) is 19.2 Å². The summed E-state index contributed by atoms with van der Waals surface area (Å²) in [6.07, 6.45) is 0. The van der Waals surface area contributed by atoms with E-state index < -0.39 is 17.7 Å². The number of carbonyl (C=O) groups excluding carboxylic acids is 2. The molecule has 0 aromatic heterocycles. The molecule has 0 radical (unpaired) electrons. The molecule has 0 saturated carbocycles. The van der Waals surface area contributed by atoms with Gasteiger partial charge in [-0.2, -0.15) is 0 Å². The van der Waals surface area contributed by atoms with Gasteiger partial charge in [-0.15, -0.1) is 0 Å². The first-order valence-electron chi connectivity index (χ1n) is 11.2. The molecule has 1 aliphatic heterocycles. The number of benzene rings is 2. The number of Topliss-reactive ketones (excluding diaryl/α,β-unsaturated/α-hetero) is 1. The van der Waals surface area contributed by atoms with E-state index in [1.54, 1.807) is 43.3 Å². The summed E-state index contributed by atoms with van der Waals surface area (Å²) in [4.78, 5) is 27.3. The van der Waals surface area contributed by atoms with Crippen LogP contribution in [-0.2, 0) is 14.3 Å². The second-order valence-electron chi connectivity index (χ2n) is 8.37. The number of rotatable bonds is 10. The van der Waals surface area contributed by atoms with Gasteiger partial charge in [0.15, 0.2) is 11.5 Å². The van der Waals surface area contributed by atoms with Crippen molar-refractivity contribution in [1.82, 2.24) is 4.90 Å². The lowest BCUT2D eigenvalue weighted by molar-refractivity contribution is -0.140. The minimum absolute atomic E-state index is 0.0370. The van der Waals surface area contributed by atoms with E-state index in [0.717, 1.165) is 0 Å². The number of hydrogen-bond acceptors (Lipinski definition) is 7. The van der Waals surface area contributed by atoms with Crippen LogP contribution >= 0.6 is 0 Å². The monoisotopic (exact) mass is 469 g/mol. The SMILES string of the molecule is CCOc1cc([C@@H]2C(=C(O)c3ccc(OCC(C)C)cc3)C(=O)C(=O)N2CCOC)ccc1O. The normalized spacial score (nSPS) is 17.4. The molecule has 2 aromatic rings. The average Bonchev–Trinajstić information content (AvgIpc) is 3.07. The Morgan fingerprint density at radius 3 is 2.41 bits per heavy atom. The van der Waals surface area contributed by atoms with Gasteiger partial charge >= 0.3 is 0 Å². The molecule has 1 fully saturated rings. The number of aliphatic hydroxyl groups excluding tert-OH is 1. The third-order valence-electron chi connectivity index (χ3n) is 5.39. The van der Waals surface area contributed by atoms with Crippen LogP contribution in [0, 0.1) is 5.92 Å². The van der Waals surface area contributed by atoms with Crippen LogP contribution in [0.2, 0.25) is 0 Å². The lowest BCUT2D eigenvalue weighted by Gasteiger charge is -2.25. The molecule has 2 aromatic carbocycles. The second kappa shape index (κ2) is 11.1. The Hall–Kier alpha value is -3.52. The number of hydrogen-bond donors (Lipinski definition) is 2. The molecule has 8 heteroatoms. The Bertz CT molecular complexity index is 1060. The minimum Gasteiger partial charge on any atom is -0.507 e. The third-order valence-corrected chi connectivity index (χ3v) is 5.39. The van der Waals surface area contributed by atoms with Gasteiger partial charge in [0.05, 0.1) is 31.4 Å². The number of aromatic hydroxyl groups is 1. The molecule has 1 atom stereocenters. The lowest BCUT2D eigenvalue weighted by Crippen LogP contribution is -2.32. The van der Waals surface area contributed by atoms with E-state index in [0.29, 0.717) is 36.0 Å². The summed E-state index contributed by atoms with van der Waals surface area (Å²) in [5.41, 5.74) is 0.871. The molecular weight excluding hydrogens is 438 g/mol. The summed E-state index contributed by atoms with van der Waals surface area (Å²) < 4.78 is 16.3. The number of methoxy groups -OCH3 is 1. The first kappa shape index (κ1) is 25.1. The van der Waals surface area contributed by atoms with Crippen molar-refractivity contribution in [2.24, 2.45) is 5.92 Å². The maximum absolute atomic E-state index is 13.0. The van der Waals surface area contributed by atoms with Gasteiger partial charge in [-0.25, -0.2) is 0 Å². The highest BCUT2D eigenvalue weighted by Gasteiger charge is 2.46. The second-order valence-corrected chi connectivity index (χ2v) is 8.37. The first-order chi connectivity index (χ1) is 16.3. The Kier molecular flexibility index (Phi) is 8.17. The van der Waals surface area contributed by atoms with Gasteiger partial charge in [-0.05, 0) is 54.8 Å². The topological polar surface area (TPSA) is 106 Å². The maximum Gasteiger partial charge on any atom is 0.295 e. The molecule has 1 heterocycles. The van der Waals surface area contributed by atoms with Crippen LogP contribution in [0.25, 0.3) is 5.76 Å². The zero-order chi connectivity index (χ0) is 24.8. The molecule has 3 rings (SSSR count). The van der Waals surface area contributed by atoms with Crippen LogP contribution in [0.4, 0.5) is 0 Å². The molecule has 8 nitrogen and oxygen atoms in total. The molecule has 0 aliphatic carbocycles. The first-order valence-corrected chi connectivity index (χ1v) is 11.2. The largest absolute Gasteiger partial charge is 0.507 e. The Morgan fingerprint density at radius 1 is 1.09 bits per heavy atom. The molecule has 0 bridgehead atoms. The van der Waals surface area contributed by atoms with Crippen LogP contribution < -0.4 is 9.47 Å². The van der Waals surface area contributed by atoms with Gasteiger partial charge in [-0.3, -0.25) is 9.59 Å². The van der Waals surface area contributed by atoms with Crippen molar-refractivity contribution in [3.8, 4) is 17.2 Å². The number of amides is 1. The highest BCUT2D eigenvalue weighted by molar-refractivity contribution is 6.46. The van der Waals surface area contributed by atoms with E-state index in [4.69, 9.17) is 14.2 Å². The van der Waals surface area contributed by atoms with Crippen LogP contribution in [0.15, 0.2) is 48.0 Å². The van der Waals surface area contributed by atoms with Crippen LogP contribution in [0.3, 0.4) is 0 Å². The number of ether oxygens (including phenoxy) is 3. The molecule has 1 aliphatic rings. The lowest BCUT2D eigenvalue weighted by atomic mass is 9.95. The van der Waals surface area contributed by atoms with E-state index in [2.05, 4.69) is 0 Å². The van der Waals surface area contributed by atoms with Crippen molar-refractivity contribution in [2.75, 3.05) is 33.5 Å². The number of aliphatic hydroxyl groups is 1. The van der Waals surface area contributed by atoms with E-state index in [1.165, 1.54) is 18.1 Å². The van der Waals surface area contributed by atoms with Gasteiger partial charge in [0.1, 0.15) is 11.5 Å². The molecular formula is C26H31NO7. The van der Waals surface area contributed by atoms with Crippen molar-refractivity contribution >= 4 is 17.4 Å². The summed E-state index contributed by atoms with van der Waals surface area (Å²) in [5.74, 6) is -0.633. The van der Waals surface area contributed by atoms with E-state index >= 15 is 0 Å². The molecule has 1 saturated heterocycles. The van der Waals surface area contributed by atoms with Gasteiger partial charge in [-0.1, -0.05) is 19.9 Å². The number of phenolic OH excluding ortho intramolecular Hbond substituents is 1. The van der Waals surface area contributed by atoms with E-state index in [1.807, 2.05) is 13.8 Å². The number of phenols is 1. The number of ketones is 1. The third kappa shape index (κ3) is 5.34. The Morgan fingerprint density at radius 2 is 1.79 bits per heavy atom. The molecule has 1 amide bonds. The number of nitrogens with zero attached hydrogens (tertiary/aromatic N) is 1. The number of carbonyl (C=O) groups is 2. The van der Waals surface area contributed by atoms with E-state index in [9.17, 15) is 19.8 Å². The quantitative estimate of drug-likeness (QED) is 0.309. The van der Waals surface area contributed by atoms with Crippen LogP contribution in [0.1, 0.15) is 37.9 Å². The maximum atomic E-state index is 13.0. The highest BCUT2D eigenvalue weighted by atomic mass is 16.5. The summed E-state index contributed by atoms with van der Waals surface area (Å²) in [7, 11) is 1.50. The zero-order valence-electron chi connectivity index (χ0n) is 19.9. The van der Waals surface area contributed by atoms with Crippen molar-refractivity contribution < 1.29 is 34.0 Å². The van der Waals surface area contributed by atoms with Crippen molar-refractivity contribution in [1.29, 1.82) is 0 Å². The number of likely N-dealkylation sites (tertiary alicyclic amines) is 1. The molecule has 0 unspecified atom stereocenters. The Labute approximate surface area is 199 Å². The Balaban J connectivity index is 2.07. The smallest absolute Gasteiger partial charge is 0.295 e. The van der Waals surface area contributed by atoms with Crippen LogP contribution in [0.5, 0.6) is 17.2 Å². The van der Waals surface area contributed by atoms with Gasteiger partial charge in [0.2, 0.25) is 0 Å². The fraction of sp³-hybridized carbons (Fsp3) is 0.385. The zero-order valence-corrected chi connectivity index (χ0v) is 19.9. The van der Waals surface area contributed by atoms with Crippen LogP contribution in [-0.4, -0.2) is 60.3 Å². The standard InChI is InChI=1S/C26H31NO7/c1-5-33-21-14-18(8-11-20(21)28)23-22(25(30)26(31)27(23)12-13-32-4)24(29)17-6-9-19(10-7-17)34-15-16(2)3/h6-11,14,16,23,28-29H,5,12-13,15H2,1-4H3/t23-/m1/s1.